The SMILES string of the molecule is Cc1ccc(C(F)(F)F)cc1N1CCC(N)C(C)C1C. The van der Waals surface area contributed by atoms with Crippen LogP contribution in [0.3, 0.4) is 0 Å². The number of benzene rings is 1. The van der Waals surface area contributed by atoms with Crippen LogP contribution in [0, 0.1) is 12.8 Å². The van der Waals surface area contributed by atoms with Crippen LogP contribution >= 0.6 is 0 Å². The number of alkyl halides is 3. The average molecular weight is 286 g/mol. The van der Waals surface area contributed by atoms with E-state index in [1.165, 1.54) is 6.07 Å². The zero-order valence-electron chi connectivity index (χ0n) is 12.0. The van der Waals surface area contributed by atoms with Crippen molar-refractivity contribution in [1.82, 2.24) is 0 Å². The van der Waals surface area contributed by atoms with Crippen LogP contribution < -0.4 is 10.6 Å². The minimum absolute atomic E-state index is 0.118. The third-order valence-corrected chi connectivity index (χ3v) is 4.48. The third kappa shape index (κ3) is 2.77. The molecule has 1 heterocycles. The van der Waals surface area contributed by atoms with Gasteiger partial charge in [-0.3, -0.25) is 0 Å². The second kappa shape index (κ2) is 5.28. The number of hydrogen-bond acceptors (Lipinski definition) is 2. The lowest BCUT2D eigenvalue weighted by Crippen LogP contribution is -2.52. The van der Waals surface area contributed by atoms with Gasteiger partial charge in [-0.2, -0.15) is 13.2 Å². The van der Waals surface area contributed by atoms with Crippen LogP contribution in [-0.2, 0) is 6.18 Å². The molecule has 0 aliphatic carbocycles. The summed E-state index contributed by atoms with van der Waals surface area (Å²) in [5.74, 6) is 0.262. The Hall–Kier alpha value is -1.23. The molecule has 2 rings (SSSR count). The Morgan fingerprint density at radius 1 is 1.25 bits per heavy atom. The molecule has 0 radical (unpaired) electrons. The van der Waals surface area contributed by atoms with Gasteiger partial charge in [0, 0.05) is 24.3 Å². The van der Waals surface area contributed by atoms with Gasteiger partial charge >= 0.3 is 6.18 Å². The Kier molecular flexibility index (Phi) is 4.00. The summed E-state index contributed by atoms with van der Waals surface area (Å²) in [4.78, 5) is 2.05. The molecule has 1 aliphatic heterocycles. The maximum atomic E-state index is 12.9. The van der Waals surface area contributed by atoms with E-state index in [1.807, 2.05) is 13.8 Å². The molecule has 3 unspecified atom stereocenters. The highest BCUT2D eigenvalue weighted by atomic mass is 19.4. The van der Waals surface area contributed by atoms with E-state index in [4.69, 9.17) is 5.73 Å². The highest BCUT2D eigenvalue weighted by Gasteiger charge is 2.34. The van der Waals surface area contributed by atoms with Crippen LogP contribution in [0.25, 0.3) is 0 Å². The number of piperidine rings is 1. The topological polar surface area (TPSA) is 29.3 Å². The molecule has 1 aliphatic rings. The van der Waals surface area contributed by atoms with E-state index < -0.39 is 11.7 Å². The molecule has 112 valence electrons. The monoisotopic (exact) mass is 286 g/mol. The van der Waals surface area contributed by atoms with Gasteiger partial charge in [0.1, 0.15) is 0 Å². The first-order chi connectivity index (χ1) is 9.21. The predicted molar refractivity (Wildman–Crippen MR) is 74.7 cm³/mol. The van der Waals surface area contributed by atoms with Crippen LogP contribution in [0.15, 0.2) is 18.2 Å². The summed E-state index contributed by atoms with van der Waals surface area (Å²) in [6.45, 7) is 6.64. The molecule has 2 nitrogen and oxygen atoms in total. The standard InChI is InChI=1S/C15H21F3N2/c1-9-4-5-12(15(16,17)18)8-14(9)20-7-6-13(19)10(2)11(20)3/h4-5,8,10-11,13H,6-7,19H2,1-3H3. The van der Waals surface area contributed by atoms with Gasteiger partial charge in [-0.1, -0.05) is 13.0 Å². The molecule has 1 saturated heterocycles. The molecule has 0 spiro atoms. The summed E-state index contributed by atoms with van der Waals surface area (Å²) in [7, 11) is 0. The maximum Gasteiger partial charge on any atom is 0.416 e. The maximum absolute atomic E-state index is 12.9. The molecular formula is C15H21F3N2. The van der Waals surface area contributed by atoms with E-state index in [0.29, 0.717) is 12.2 Å². The lowest BCUT2D eigenvalue weighted by molar-refractivity contribution is -0.137. The zero-order chi connectivity index (χ0) is 15.1. The smallest absolute Gasteiger partial charge is 0.368 e. The fourth-order valence-corrected chi connectivity index (χ4v) is 2.83. The van der Waals surface area contributed by atoms with Crippen molar-refractivity contribution < 1.29 is 13.2 Å². The molecular weight excluding hydrogens is 265 g/mol. The molecule has 0 saturated carbocycles. The fourth-order valence-electron chi connectivity index (χ4n) is 2.83. The fraction of sp³-hybridized carbons (Fsp3) is 0.600. The Labute approximate surface area is 117 Å². The van der Waals surface area contributed by atoms with Crippen LogP contribution in [0.1, 0.15) is 31.4 Å². The van der Waals surface area contributed by atoms with E-state index >= 15 is 0 Å². The number of aryl methyl sites for hydroxylation is 1. The van der Waals surface area contributed by atoms with Crippen molar-refractivity contribution in [2.45, 2.75) is 45.5 Å². The van der Waals surface area contributed by atoms with Crippen molar-refractivity contribution in [2.75, 3.05) is 11.4 Å². The van der Waals surface area contributed by atoms with Gasteiger partial charge in [-0.15, -0.1) is 0 Å². The number of rotatable bonds is 1. The van der Waals surface area contributed by atoms with Gasteiger partial charge in [-0.05, 0) is 43.9 Å². The van der Waals surface area contributed by atoms with Crippen molar-refractivity contribution in [1.29, 1.82) is 0 Å². The summed E-state index contributed by atoms with van der Waals surface area (Å²) in [5, 5.41) is 0. The normalized spacial score (nSPS) is 27.8. The van der Waals surface area contributed by atoms with Gasteiger partial charge < -0.3 is 10.6 Å². The minimum Gasteiger partial charge on any atom is -0.368 e. The molecule has 1 aromatic rings. The van der Waals surface area contributed by atoms with Gasteiger partial charge in [0.15, 0.2) is 0 Å². The molecule has 1 aromatic carbocycles. The van der Waals surface area contributed by atoms with E-state index in [9.17, 15) is 13.2 Å². The van der Waals surface area contributed by atoms with Crippen molar-refractivity contribution in [3.8, 4) is 0 Å². The molecule has 0 amide bonds. The van der Waals surface area contributed by atoms with Gasteiger partial charge in [0.05, 0.1) is 5.56 Å². The Balaban J connectivity index is 2.37. The number of halogens is 3. The minimum atomic E-state index is -4.30. The summed E-state index contributed by atoms with van der Waals surface area (Å²) in [6.07, 6.45) is -3.50. The van der Waals surface area contributed by atoms with Gasteiger partial charge in [-0.25, -0.2) is 0 Å². The molecule has 5 heteroatoms. The average Bonchev–Trinajstić information content (AvgIpc) is 2.36. The van der Waals surface area contributed by atoms with Crippen molar-refractivity contribution in [2.24, 2.45) is 11.7 Å². The van der Waals surface area contributed by atoms with Crippen LogP contribution in [0.4, 0.5) is 18.9 Å². The molecule has 2 N–H and O–H groups in total. The quantitative estimate of drug-likeness (QED) is 0.855. The first kappa shape index (κ1) is 15.2. The van der Waals surface area contributed by atoms with Crippen LogP contribution in [0.5, 0.6) is 0 Å². The molecule has 0 bridgehead atoms. The zero-order valence-corrected chi connectivity index (χ0v) is 12.0. The van der Waals surface area contributed by atoms with Crippen LogP contribution in [0.2, 0.25) is 0 Å². The second-order valence-corrected chi connectivity index (χ2v) is 5.74. The number of anilines is 1. The van der Waals surface area contributed by atoms with Gasteiger partial charge in [0.2, 0.25) is 0 Å². The summed E-state index contributed by atoms with van der Waals surface area (Å²) < 4.78 is 38.6. The Morgan fingerprint density at radius 3 is 2.50 bits per heavy atom. The third-order valence-electron chi connectivity index (χ3n) is 4.48. The molecule has 20 heavy (non-hydrogen) atoms. The van der Waals surface area contributed by atoms with Gasteiger partial charge in [0.25, 0.3) is 0 Å². The number of nitrogens with two attached hydrogens (primary N) is 1. The number of nitrogens with zero attached hydrogens (tertiary/aromatic N) is 1. The number of hydrogen-bond donors (Lipinski definition) is 1. The Morgan fingerprint density at radius 2 is 1.90 bits per heavy atom. The lowest BCUT2D eigenvalue weighted by atomic mass is 9.87. The Bertz CT molecular complexity index is 484. The van der Waals surface area contributed by atoms with E-state index in [2.05, 4.69) is 11.8 Å². The largest absolute Gasteiger partial charge is 0.416 e. The van der Waals surface area contributed by atoms with Crippen molar-refractivity contribution in [3.05, 3.63) is 29.3 Å². The van der Waals surface area contributed by atoms with Crippen molar-refractivity contribution >= 4 is 5.69 Å². The van der Waals surface area contributed by atoms with Crippen molar-refractivity contribution in [3.63, 3.8) is 0 Å². The highest BCUT2D eigenvalue weighted by molar-refractivity contribution is 5.56. The first-order valence-corrected chi connectivity index (χ1v) is 6.92. The second-order valence-electron chi connectivity index (χ2n) is 5.74. The first-order valence-electron chi connectivity index (χ1n) is 6.92. The van der Waals surface area contributed by atoms with E-state index in [0.717, 1.165) is 18.1 Å². The van der Waals surface area contributed by atoms with Crippen LogP contribution in [-0.4, -0.2) is 18.6 Å². The molecule has 0 aromatic heterocycles. The summed E-state index contributed by atoms with van der Waals surface area (Å²) >= 11 is 0. The predicted octanol–water partition coefficient (Wildman–Crippen LogP) is 3.58. The van der Waals surface area contributed by atoms with E-state index in [-0.39, 0.29) is 18.0 Å². The molecule has 1 fully saturated rings. The summed E-state index contributed by atoms with van der Waals surface area (Å²) in [5.41, 5.74) is 6.99. The highest BCUT2D eigenvalue weighted by Crippen LogP contribution is 2.36. The summed E-state index contributed by atoms with van der Waals surface area (Å²) in [6, 6.07) is 4.20. The van der Waals surface area contributed by atoms with E-state index in [1.54, 1.807) is 6.07 Å². The lowest BCUT2D eigenvalue weighted by Gasteiger charge is -2.43. The molecule has 3 atom stereocenters.